The summed E-state index contributed by atoms with van der Waals surface area (Å²) in [5.41, 5.74) is 8.14. The van der Waals surface area contributed by atoms with Gasteiger partial charge in [0.15, 0.2) is 15.7 Å². The summed E-state index contributed by atoms with van der Waals surface area (Å²) in [6.07, 6.45) is 6.08. The van der Waals surface area contributed by atoms with Crippen LogP contribution in [0.3, 0.4) is 0 Å². The number of sulfone groups is 1. The Morgan fingerprint density at radius 1 is 1.27 bits per heavy atom. The summed E-state index contributed by atoms with van der Waals surface area (Å²) >= 11 is 0. The van der Waals surface area contributed by atoms with Crippen LogP contribution in [0.4, 0.5) is 11.6 Å². The van der Waals surface area contributed by atoms with E-state index in [1.54, 1.807) is 0 Å². The van der Waals surface area contributed by atoms with Crippen molar-refractivity contribution in [1.82, 2.24) is 15.0 Å². The molecule has 0 saturated carbocycles. The predicted molar refractivity (Wildman–Crippen MR) is 102 cm³/mol. The first-order chi connectivity index (χ1) is 12.4. The fourth-order valence-electron chi connectivity index (χ4n) is 3.65. The van der Waals surface area contributed by atoms with Gasteiger partial charge in [-0.05, 0) is 30.5 Å². The quantitative estimate of drug-likeness (QED) is 0.861. The lowest BCUT2D eigenvalue weighted by molar-refractivity contribution is 0.460. The standard InChI is InChI=1S/C17H20N6O2S/c1-26(24,25)14-8-19-7-12(14)11-3-2-6-23(9-11)15-5-4-13-16(22-15)17(18)21-10-20-13/h4-5,8,10-11H,2-3,6-7,9H2,1H3,(H2,18,20,21). The van der Waals surface area contributed by atoms with Gasteiger partial charge in [-0.1, -0.05) is 0 Å². The normalized spacial score (nSPS) is 21.0. The number of hydrogen-bond donors (Lipinski definition) is 1. The van der Waals surface area contributed by atoms with Crippen LogP contribution in [-0.2, 0) is 9.84 Å². The van der Waals surface area contributed by atoms with Gasteiger partial charge in [0.25, 0.3) is 0 Å². The molecule has 4 heterocycles. The molecule has 9 heteroatoms. The Labute approximate surface area is 151 Å². The van der Waals surface area contributed by atoms with Gasteiger partial charge in [-0.2, -0.15) is 0 Å². The van der Waals surface area contributed by atoms with Gasteiger partial charge in [0.05, 0.1) is 17.0 Å². The summed E-state index contributed by atoms with van der Waals surface area (Å²) < 4.78 is 24.0. The highest BCUT2D eigenvalue weighted by molar-refractivity contribution is 7.95. The van der Waals surface area contributed by atoms with Gasteiger partial charge in [-0.25, -0.2) is 23.4 Å². The summed E-state index contributed by atoms with van der Waals surface area (Å²) in [6.45, 7) is 2.04. The van der Waals surface area contributed by atoms with E-state index in [1.807, 2.05) is 12.1 Å². The van der Waals surface area contributed by atoms with Crippen molar-refractivity contribution in [3.8, 4) is 0 Å². The molecule has 26 heavy (non-hydrogen) atoms. The molecule has 0 aliphatic carbocycles. The topological polar surface area (TPSA) is 114 Å². The van der Waals surface area contributed by atoms with E-state index >= 15 is 0 Å². The maximum Gasteiger partial charge on any atom is 0.177 e. The van der Waals surface area contributed by atoms with Crippen molar-refractivity contribution in [1.29, 1.82) is 0 Å². The van der Waals surface area contributed by atoms with E-state index < -0.39 is 9.84 Å². The minimum Gasteiger partial charge on any atom is -0.382 e. The maximum atomic E-state index is 12.0. The maximum absolute atomic E-state index is 12.0. The molecule has 0 aromatic carbocycles. The first kappa shape index (κ1) is 16.9. The number of pyridine rings is 1. The van der Waals surface area contributed by atoms with E-state index in [-0.39, 0.29) is 5.92 Å². The molecule has 1 saturated heterocycles. The number of hydrogen-bond acceptors (Lipinski definition) is 8. The zero-order chi connectivity index (χ0) is 18.3. The van der Waals surface area contributed by atoms with E-state index in [1.165, 1.54) is 18.8 Å². The Kier molecular flexibility index (Phi) is 4.10. The largest absolute Gasteiger partial charge is 0.382 e. The lowest BCUT2D eigenvalue weighted by atomic mass is 9.90. The second kappa shape index (κ2) is 6.31. The van der Waals surface area contributed by atoms with Crippen molar-refractivity contribution >= 4 is 38.7 Å². The monoisotopic (exact) mass is 372 g/mol. The Hall–Kier alpha value is -2.55. The van der Waals surface area contributed by atoms with E-state index in [9.17, 15) is 8.42 Å². The number of nitrogens with zero attached hydrogens (tertiary/aromatic N) is 5. The molecule has 2 aromatic rings. The van der Waals surface area contributed by atoms with Gasteiger partial charge in [0.2, 0.25) is 0 Å². The van der Waals surface area contributed by atoms with Crippen LogP contribution in [0.5, 0.6) is 0 Å². The number of rotatable bonds is 3. The molecule has 2 aromatic heterocycles. The van der Waals surface area contributed by atoms with Gasteiger partial charge < -0.3 is 10.6 Å². The molecule has 1 atom stereocenters. The van der Waals surface area contributed by atoms with E-state index in [2.05, 4.69) is 24.8 Å². The number of aliphatic imine (C=N–C) groups is 1. The van der Waals surface area contributed by atoms with Crippen molar-refractivity contribution in [2.75, 3.05) is 36.5 Å². The van der Waals surface area contributed by atoms with E-state index in [4.69, 9.17) is 5.73 Å². The lowest BCUT2D eigenvalue weighted by Gasteiger charge is -2.34. The van der Waals surface area contributed by atoms with Crippen LogP contribution in [0.15, 0.2) is 33.9 Å². The van der Waals surface area contributed by atoms with Gasteiger partial charge in [0.1, 0.15) is 17.7 Å². The molecule has 2 N–H and O–H groups in total. The van der Waals surface area contributed by atoms with E-state index in [0.29, 0.717) is 34.8 Å². The molecular weight excluding hydrogens is 352 g/mol. The van der Waals surface area contributed by atoms with Gasteiger partial charge in [-0.15, -0.1) is 0 Å². The van der Waals surface area contributed by atoms with Crippen LogP contribution < -0.4 is 10.6 Å². The number of allylic oxidation sites excluding steroid dienone is 1. The Balaban J connectivity index is 1.65. The highest BCUT2D eigenvalue weighted by atomic mass is 32.2. The average Bonchev–Trinajstić information content (AvgIpc) is 3.12. The van der Waals surface area contributed by atoms with Crippen molar-refractivity contribution < 1.29 is 8.42 Å². The number of nitrogen functional groups attached to an aromatic ring is 1. The molecule has 8 nitrogen and oxygen atoms in total. The Morgan fingerprint density at radius 2 is 2.12 bits per heavy atom. The molecule has 0 spiro atoms. The third-order valence-electron chi connectivity index (χ3n) is 4.92. The molecule has 0 bridgehead atoms. The summed E-state index contributed by atoms with van der Waals surface area (Å²) in [5.74, 6) is 1.32. The molecule has 136 valence electrons. The molecule has 2 aliphatic heterocycles. The first-order valence-electron chi connectivity index (χ1n) is 8.48. The zero-order valence-corrected chi connectivity index (χ0v) is 15.3. The number of fused-ring (bicyclic) bond motifs is 1. The van der Waals surface area contributed by atoms with Gasteiger partial charge in [0, 0.05) is 31.5 Å². The third-order valence-corrected chi connectivity index (χ3v) is 6.09. The van der Waals surface area contributed by atoms with Crippen molar-refractivity contribution in [2.24, 2.45) is 10.9 Å². The van der Waals surface area contributed by atoms with Crippen LogP contribution in [0.2, 0.25) is 0 Å². The summed E-state index contributed by atoms with van der Waals surface area (Å²) in [7, 11) is -3.25. The van der Waals surface area contributed by atoms with Crippen molar-refractivity contribution in [2.45, 2.75) is 12.8 Å². The molecule has 1 fully saturated rings. The smallest absolute Gasteiger partial charge is 0.177 e. The second-order valence-electron chi connectivity index (χ2n) is 6.71. The molecule has 1 unspecified atom stereocenters. The van der Waals surface area contributed by atoms with Crippen LogP contribution in [-0.4, -0.2) is 55.5 Å². The highest BCUT2D eigenvalue weighted by Crippen LogP contribution is 2.32. The molecule has 2 aliphatic rings. The minimum atomic E-state index is -3.25. The van der Waals surface area contributed by atoms with Gasteiger partial charge in [-0.3, -0.25) is 4.99 Å². The molecule has 4 rings (SSSR count). The average molecular weight is 372 g/mol. The van der Waals surface area contributed by atoms with Crippen molar-refractivity contribution in [3.05, 3.63) is 28.9 Å². The zero-order valence-electron chi connectivity index (χ0n) is 14.5. The molecule has 0 radical (unpaired) electrons. The fraction of sp³-hybridized carbons (Fsp3) is 0.412. The Morgan fingerprint density at radius 3 is 2.92 bits per heavy atom. The molecular formula is C17H20N6O2S. The Bertz CT molecular complexity index is 1030. The highest BCUT2D eigenvalue weighted by Gasteiger charge is 2.30. The lowest BCUT2D eigenvalue weighted by Crippen LogP contribution is -2.37. The summed E-state index contributed by atoms with van der Waals surface area (Å²) in [6, 6.07) is 3.81. The number of aromatic nitrogens is 3. The number of nitrogens with two attached hydrogens (primary N) is 1. The second-order valence-corrected chi connectivity index (χ2v) is 8.70. The predicted octanol–water partition coefficient (Wildman–Crippen LogP) is 1.21. The van der Waals surface area contributed by atoms with E-state index in [0.717, 1.165) is 30.8 Å². The van der Waals surface area contributed by atoms with Crippen LogP contribution >= 0.6 is 0 Å². The summed E-state index contributed by atoms with van der Waals surface area (Å²) in [4.78, 5) is 19.6. The number of anilines is 2. The third kappa shape index (κ3) is 3.03. The SMILES string of the molecule is CS(=O)(=O)C1=C(C2CCCN(c3ccc4ncnc(N)c4n3)C2)CN=C1. The van der Waals surface area contributed by atoms with Crippen LogP contribution in [0.25, 0.3) is 11.0 Å². The minimum absolute atomic E-state index is 0.151. The fourth-order valence-corrected chi connectivity index (χ4v) is 4.62. The van der Waals surface area contributed by atoms with Crippen molar-refractivity contribution in [3.63, 3.8) is 0 Å². The first-order valence-corrected chi connectivity index (χ1v) is 10.4. The van der Waals surface area contributed by atoms with Crippen LogP contribution in [0.1, 0.15) is 12.8 Å². The number of piperidine rings is 1. The van der Waals surface area contributed by atoms with Gasteiger partial charge >= 0.3 is 0 Å². The molecule has 0 amide bonds. The van der Waals surface area contributed by atoms with Crippen LogP contribution in [0, 0.1) is 5.92 Å². The summed E-state index contributed by atoms with van der Waals surface area (Å²) in [5, 5.41) is 0.